The van der Waals surface area contributed by atoms with E-state index in [1.165, 1.54) is 4.68 Å². The normalized spacial score (nSPS) is 15.5. The number of hydrogen-bond donors (Lipinski definition) is 0. The first kappa shape index (κ1) is 17.9. The van der Waals surface area contributed by atoms with Crippen LogP contribution in [0, 0.1) is 6.92 Å². The second kappa shape index (κ2) is 6.61. The van der Waals surface area contributed by atoms with E-state index in [1.807, 2.05) is 42.1 Å². The lowest BCUT2D eigenvalue weighted by atomic mass is 10.0. The zero-order valence-corrected chi connectivity index (χ0v) is 16.6. The lowest BCUT2D eigenvalue weighted by Crippen LogP contribution is -2.35. The number of aryl methyl sites for hydroxylation is 3. The quantitative estimate of drug-likeness (QED) is 0.690. The minimum absolute atomic E-state index is 0.273. The van der Waals surface area contributed by atoms with Crippen LogP contribution in [-0.4, -0.2) is 45.4 Å². The Bertz CT molecular complexity index is 1060. The molecule has 0 spiro atoms. The first-order valence-corrected chi connectivity index (χ1v) is 10.4. The van der Waals surface area contributed by atoms with Crippen molar-refractivity contribution in [2.45, 2.75) is 24.8 Å². The molecule has 0 aliphatic carbocycles. The molecule has 1 aliphatic heterocycles. The number of sulfonamides is 1. The van der Waals surface area contributed by atoms with Gasteiger partial charge in [-0.3, -0.25) is 9.36 Å². The van der Waals surface area contributed by atoms with Gasteiger partial charge in [-0.25, -0.2) is 8.42 Å². The summed E-state index contributed by atoms with van der Waals surface area (Å²) in [4.78, 5) is 0. The standard InChI is InChI=1S/C19H23N5O2S/c1-14-13-20-23(3)19(14)27(25,26)24-11-9-16-17(10-12-24)22(2)21-18(16)15-7-5-4-6-8-15/h4-8,13H,9-12H2,1-3H3. The average Bonchev–Trinajstić information content (AvgIpc) is 3.05. The van der Waals surface area contributed by atoms with E-state index in [4.69, 9.17) is 5.10 Å². The van der Waals surface area contributed by atoms with Gasteiger partial charge in [-0.1, -0.05) is 30.3 Å². The minimum atomic E-state index is -3.59. The van der Waals surface area contributed by atoms with E-state index in [-0.39, 0.29) is 5.03 Å². The van der Waals surface area contributed by atoms with Crippen LogP contribution in [0.5, 0.6) is 0 Å². The molecule has 0 unspecified atom stereocenters. The Balaban J connectivity index is 1.69. The van der Waals surface area contributed by atoms with Crippen molar-refractivity contribution >= 4 is 10.0 Å². The maximum absolute atomic E-state index is 13.2. The maximum Gasteiger partial charge on any atom is 0.260 e. The summed E-state index contributed by atoms with van der Waals surface area (Å²) < 4.78 is 31.3. The summed E-state index contributed by atoms with van der Waals surface area (Å²) in [5.74, 6) is 0. The van der Waals surface area contributed by atoms with Gasteiger partial charge in [0.1, 0.15) is 0 Å². The van der Waals surface area contributed by atoms with Crippen molar-refractivity contribution in [3.63, 3.8) is 0 Å². The van der Waals surface area contributed by atoms with E-state index < -0.39 is 10.0 Å². The molecule has 0 atom stereocenters. The van der Waals surface area contributed by atoms with E-state index in [2.05, 4.69) is 5.10 Å². The van der Waals surface area contributed by atoms with Crippen LogP contribution in [0.2, 0.25) is 0 Å². The maximum atomic E-state index is 13.2. The van der Waals surface area contributed by atoms with E-state index in [0.29, 0.717) is 31.5 Å². The predicted octanol–water partition coefficient (Wildman–Crippen LogP) is 1.92. The molecule has 0 bridgehead atoms. The molecule has 0 saturated carbocycles. The van der Waals surface area contributed by atoms with Crippen molar-refractivity contribution in [1.29, 1.82) is 0 Å². The summed E-state index contributed by atoms with van der Waals surface area (Å²) >= 11 is 0. The molecule has 1 aliphatic rings. The summed E-state index contributed by atoms with van der Waals surface area (Å²) in [7, 11) is 0.0166. The van der Waals surface area contributed by atoms with Crippen molar-refractivity contribution in [1.82, 2.24) is 23.9 Å². The summed E-state index contributed by atoms with van der Waals surface area (Å²) in [6, 6.07) is 10.1. The number of fused-ring (bicyclic) bond motifs is 1. The molecule has 27 heavy (non-hydrogen) atoms. The second-order valence-electron chi connectivity index (χ2n) is 6.92. The van der Waals surface area contributed by atoms with Gasteiger partial charge in [0.05, 0.1) is 11.9 Å². The Morgan fingerprint density at radius 3 is 2.37 bits per heavy atom. The fourth-order valence-corrected chi connectivity index (χ4v) is 5.60. The Kier molecular flexibility index (Phi) is 4.39. The molecule has 0 radical (unpaired) electrons. The predicted molar refractivity (Wildman–Crippen MR) is 103 cm³/mol. The molecule has 7 nitrogen and oxygen atoms in total. The van der Waals surface area contributed by atoms with E-state index in [1.54, 1.807) is 24.5 Å². The molecule has 1 aromatic carbocycles. The molecule has 0 N–H and O–H groups in total. The SMILES string of the molecule is Cc1cnn(C)c1S(=O)(=O)N1CCc2c(-c3ccccc3)nn(C)c2CC1. The Morgan fingerprint density at radius 1 is 1.00 bits per heavy atom. The Hall–Kier alpha value is -2.45. The third kappa shape index (κ3) is 2.98. The van der Waals surface area contributed by atoms with Crippen molar-refractivity contribution in [3.05, 3.63) is 53.3 Å². The van der Waals surface area contributed by atoms with Crippen molar-refractivity contribution < 1.29 is 8.42 Å². The van der Waals surface area contributed by atoms with E-state index in [0.717, 1.165) is 22.5 Å². The highest BCUT2D eigenvalue weighted by Gasteiger charge is 2.32. The lowest BCUT2D eigenvalue weighted by Gasteiger charge is -2.20. The average molecular weight is 385 g/mol. The smallest absolute Gasteiger partial charge is 0.260 e. The number of aromatic nitrogens is 4. The number of benzene rings is 1. The molecule has 3 heterocycles. The van der Waals surface area contributed by atoms with Crippen LogP contribution in [0.25, 0.3) is 11.3 Å². The third-order valence-corrected chi connectivity index (χ3v) is 7.29. The van der Waals surface area contributed by atoms with Crippen LogP contribution >= 0.6 is 0 Å². The summed E-state index contributed by atoms with van der Waals surface area (Å²) in [6.45, 7) is 2.66. The van der Waals surface area contributed by atoms with Crippen LogP contribution < -0.4 is 0 Å². The van der Waals surface area contributed by atoms with Crippen LogP contribution in [0.3, 0.4) is 0 Å². The fraction of sp³-hybridized carbons (Fsp3) is 0.368. The van der Waals surface area contributed by atoms with Crippen LogP contribution in [0.15, 0.2) is 41.6 Å². The molecule has 8 heteroatoms. The van der Waals surface area contributed by atoms with E-state index >= 15 is 0 Å². The Morgan fingerprint density at radius 2 is 1.70 bits per heavy atom. The van der Waals surface area contributed by atoms with Crippen LogP contribution in [-0.2, 0) is 37.0 Å². The van der Waals surface area contributed by atoms with Crippen molar-refractivity contribution in [2.24, 2.45) is 14.1 Å². The summed E-state index contributed by atoms with van der Waals surface area (Å²) in [6.07, 6.45) is 2.88. The zero-order chi connectivity index (χ0) is 19.2. The molecular formula is C19H23N5O2S. The molecule has 2 aromatic heterocycles. The number of rotatable bonds is 3. The summed E-state index contributed by atoms with van der Waals surface area (Å²) in [5.41, 5.74) is 4.93. The van der Waals surface area contributed by atoms with Gasteiger partial charge in [-0.2, -0.15) is 14.5 Å². The topological polar surface area (TPSA) is 73.0 Å². The summed E-state index contributed by atoms with van der Waals surface area (Å²) in [5, 5.41) is 9.07. The van der Waals surface area contributed by atoms with Gasteiger partial charge in [0, 0.05) is 56.0 Å². The molecule has 0 amide bonds. The molecule has 4 rings (SSSR count). The van der Waals surface area contributed by atoms with Gasteiger partial charge in [0.15, 0.2) is 5.03 Å². The van der Waals surface area contributed by atoms with E-state index in [9.17, 15) is 8.42 Å². The Labute approximate surface area is 159 Å². The highest BCUT2D eigenvalue weighted by molar-refractivity contribution is 7.89. The highest BCUT2D eigenvalue weighted by Crippen LogP contribution is 2.29. The van der Waals surface area contributed by atoms with Crippen LogP contribution in [0.1, 0.15) is 16.8 Å². The van der Waals surface area contributed by atoms with Gasteiger partial charge < -0.3 is 0 Å². The number of hydrogen-bond acceptors (Lipinski definition) is 4. The first-order chi connectivity index (χ1) is 12.9. The van der Waals surface area contributed by atoms with Gasteiger partial charge in [0.25, 0.3) is 10.0 Å². The first-order valence-electron chi connectivity index (χ1n) is 8.98. The van der Waals surface area contributed by atoms with Crippen LogP contribution in [0.4, 0.5) is 0 Å². The van der Waals surface area contributed by atoms with Gasteiger partial charge in [0.2, 0.25) is 0 Å². The largest absolute Gasteiger partial charge is 0.272 e. The zero-order valence-electron chi connectivity index (χ0n) is 15.8. The number of nitrogens with zero attached hydrogens (tertiary/aromatic N) is 5. The van der Waals surface area contributed by atoms with Crippen molar-refractivity contribution in [3.8, 4) is 11.3 Å². The lowest BCUT2D eigenvalue weighted by molar-refractivity contribution is 0.417. The molecule has 142 valence electrons. The molecule has 0 saturated heterocycles. The minimum Gasteiger partial charge on any atom is -0.272 e. The second-order valence-corrected chi connectivity index (χ2v) is 8.78. The van der Waals surface area contributed by atoms with Gasteiger partial charge in [-0.05, 0) is 13.3 Å². The highest BCUT2D eigenvalue weighted by atomic mass is 32.2. The molecular weight excluding hydrogens is 362 g/mol. The van der Waals surface area contributed by atoms with Gasteiger partial charge >= 0.3 is 0 Å². The monoisotopic (exact) mass is 385 g/mol. The molecule has 3 aromatic rings. The molecule has 0 fully saturated rings. The fourth-order valence-electron chi connectivity index (χ4n) is 3.85. The third-order valence-electron chi connectivity index (χ3n) is 5.17. The van der Waals surface area contributed by atoms with Crippen molar-refractivity contribution in [2.75, 3.05) is 13.1 Å². The van der Waals surface area contributed by atoms with Gasteiger partial charge in [-0.15, -0.1) is 0 Å².